The maximum atomic E-state index is 5.72. The van der Waals surface area contributed by atoms with Crippen LogP contribution in [-0.2, 0) is 0 Å². The predicted molar refractivity (Wildman–Crippen MR) is 34.7 cm³/mol. The Kier molecular flexibility index (Phi) is 1.86. The van der Waals surface area contributed by atoms with Gasteiger partial charge in [-0.3, -0.25) is 0 Å². The maximum absolute atomic E-state index is 5.72. The molecule has 1 unspecified atom stereocenters. The van der Waals surface area contributed by atoms with Crippen LogP contribution in [-0.4, -0.2) is 18.6 Å². The van der Waals surface area contributed by atoms with E-state index in [1.54, 1.807) is 0 Å². The fourth-order valence-corrected chi connectivity index (χ4v) is 1.07. The fourth-order valence-electron chi connectivity index (χ4n) is 1.07. The molecule has 2 nitrogen and oxygen atoms in total. The van der Waals surface area contributed by atoms with Crippen LogP contribution in [0, 0.1) is 0 Å². The van der Waals surface area contributed by atoms with E-state index >= 15 is 0 Å². The SMILES string of the molecule is C[C@H]1NCCCC1N. The summed E-state index contributed by atoms with van der Waals surface area (Å²) >= 11 is 0. The first-order chi connectivity index (χ1) is 3.80. The predicted octanol–water partition coefficient (Wildman–Crippen LogP) is 0.0856. The lowest BCUT2D eigenvalue weighted by Crippen LogP contribution is -2.47. The zero-order valence-electron chi connectivity index (χ0n) is 5.35. The Morgan fingerprint density at radius 2 is 2.38 bits per heavy atom. The minimum atomic E-state index is 0.392. The second-order valence-corrected chi connectivity index (χ2v) is 2.55. The molecule has 0 aromatic carbocycles. The standard InChI is InChI=1S/C6H14N2/c1-5-6(7)3-2-4-8-5/h5-6,8H,2-4,7H2,1H3/t5-,6?/m1/s1. The summed E-state index contributed by atoms with van der Waals surface area (Å²) in [4.78, 5) is 0. The topological polar surface area (TPSA) is 38.0 Å². The molecule has 0 amide bonds. The molecule has 1 aliphatic rings. The van der Waals surface area contributed by atoms with Gasteiger partial charge in [-0.1, -0.05) is 0 Å². The highest BCUT2D eigenvalue weighted by molar-refractivity contribution is 4.79. The van der Waals surface area contributed by atoms with Crippen LogP contribution in [0.25, 0.3) is 0 Å². The zero-order valence-corrected chi connectivity index (χ0v) is 5.35. The summed E-state index contributed by atoms with van der Waals surface area (Å²) in [5, 5.41) is 3.31. The Morgan fingerprint density at radius 3 is 2.75 bits per heavy atom. The van der Waals surface area contributed by atoms with E-state index in [0.717, 1.165) is 6.54 Å². The van der Waals surface area contributed by atoms with E-state index in [-0.39, 0.29) is 0 Å². The molecule has 2 heteroatoms. The van der Waals surface area contributed by atoms with Crippen LogP contribution in [0.1, 0.15) is 19.8 Å². The van der Waals surface area contributed by atoms with Gasteiger partial charge in [0.05, 0.1) is 0 Å². The molecule has 0 aromatic rings. The molecule has 3 N–H and O–H groups in total. The first kappa shape index (κ1) is 6.05. The maximum Gasteiger partial charge on any atom is 0.0192 e. The van der Waals surface area contributed by atoms with E-state index < -0.39 is 0 Å². The van der Waals surface area contributed by atoms with Crippen molar-refractivity contribution < 1.29 is 0 Å². The van der Waals surface area contributed by atoms with Crippen LogP contribution < -0.4 is 11.1 Å². The van der Waals surface area contributed by atoms with Gasteiger partial charge in [0.25, 0.3) is 0 Å². The molecular formula is C6H14N2. The number of nitrogens with two attached hydrogens (primary N) is 1. The second-order valence-electron chi connectivity index (χ2n) is 2.55. The van der Waals surface area contributed by atoms with Crippen LogP contribution in [0.15, 0.2) is 0 Å². The molecule has 0 saturated carbocycles. The van der Waals surface area contributed by atoms with Crippen molar-refractivity contribution in [1.29, 1.82) is 0 Å². The molecule has 1 rings (SSSR count). The summed E-state index contributed by atoms with van der Waals surface area (Å²) in [7, 11) is 0. The lowest BCUT2D eigenvalue weighted by Gasteiger charge is -2.26. The Balaban J connectivity index is 2.28. The summed E-state index contributed by atoms with van der Waals surface area (Å²) < 4.78 is 0. The summed E-state index contributed by atoms with van der Waals surface area (Å²) in [5.74, 6) is 0. The molecule has 1 aliphatic heterocycles. The Hall–Kier alpha value is -0.0800. The molecule has 8 heavy (non-hydrogen) atoms. The van der Waals surface area contributed by atoms with E-state index in [4.69, 9.17) is 5.73 Å². The van der Waals surface area contributed by atoms with Crippen molar-refractivity contribution in [1.82, 2.24) is 5.32 Å². The smallest absolute Gasteiger partial charge is 0.0192 e. The Labute approximate surface area is 50.4 Å². The van der Waals surface area contributed by atoms with Crippen molar-refractivity contribution in [2.45, 2.75) is 31.8 Å². The third-order valence-corrected chi connectivity index (χ3v) is 1.82. The molecule has 0 aliphatic carbocycles. The fraction of sp³-hybridized carbons (Fsp3) is 1.00. The monoisotopic (exact) mass is 114 g/mol. The lowest BCUT2D eigenvalue weighted by atomic mass is 10.0. The Morgan fingerprint density at radius 1 is 1.62 bits per heavy atom. The van der Waals surface area contributed by atoms with Gasteiger partial charge in [0, 0.05) is 12.1 Å². The third kappa shape index (κ3) is 1.20. The molecule has 0 spiro atoms. The van der Waals surface area contributed by atoms with Crippen LogP contribution in [0.3, 0.4) is 0 Å². The highest BCUT2D eigenvalue weighted by Gasteiger charge is 2.15. The minimum absolute atomic E-state index is 0.392. The van der Waals surface area contributed by atoms with Gasteiger partial charge in [-0.15, -0.1) is 0 Å². The first-order valence-electron chi connectivity index (χ1n) is 3.29. The van der Waals surface area contributed by atoms with E-state index in [0.29, 0.717) is 12.1 Å². The molecule has 0 aromatic heterocycles. The average Bonchev–Trinajstić information content (AvgIpc) is 1.77. The van der Waals surface area contributed by atoms with Crippen molar-refractivity contribution in [3.63, 3.8) is 0 Å². The van der Waals surface area contributed by atoms with Crippen LogP contribution >= 0.6 is 0 Å². The van der Waals surface area contributed by atoms with Gasteiger partial charge in [0.15, 0.2) is 0 Å². The molecule has 0 radical (unpaired) electrons. The second kappa shape index (κ2) is 2.46. The zero-order chi connectivity index (χ0) is 5.98. The third-order valence-electron chi connectivity index (χ3n) is 1.82. The number of rotatable bonds is 0. The van der Waals surface area contributed by atoms with Crippen LogP contribution in [0.4, 0.5) is 0 Å². The van der Waals surface area contributed by atoms with Crippen molar-refractivity contribution in [2.24, 2.45) is 5.73 Å². The molecular weight excluding hydrogens is 100 g/mol. The molecule has 1 saturated heterocycles. The summed E-state index contributed by atoms with van der Waals surface area (Å²) in [6, 6.07) is 0.924. The van der Waals surface area contributed by atoms with Crippen molar-refractivity contribution in [3.8, 4) is 0 Å². The van der Waals surface area contributed by atoms with Gasteiger partial charge in [0.1, 0.15) is 0 Å². The summed E-state index contributed by atoms with van der Waals surface area (Å²) in [6.45, 7) is 3.29. The van der Waals surface area contributed by atoms with Crippen molar-refractivity contribution >= 4 is 0 Å². The lowest BCUT2D eigenvalue weighted by molar-refractivity contribution is 0.371. The highest BCUT2D eigenvalue weighted by Crippen LogP contribution is 2.03. The van der Waals surface area contributed by atoms with Gasteiger partial charge in [-0.2, -0.15) is 0 Å². The largest absolute Gasteiger partial charge is 0.326 e. The molecule has 1 heterocycles. The first-order valence-corrected chi connectivity index (χ1v) is 3.29. The molecule has 1 fully saturated rings. The van der Waals surface area contributed by atoms with E-state index in [1.165, 1.54) is 12.8 Å². The van der Waals surface area contributed by atoms with Crippen LogP contribution in [0.5, 0.6) is 0 Å². The highest BCUT2D eigenvalue weighted by atomic mass is 15.0. The number of hydrogen-bond donors (Lipinski definition) is 2. The molecule has 0 bridgehead atoms. The normalized spacial score (nSPS) is 39.8. The van der Waals surface area contributed by atoms with Crippen molar-refractivity contribution in [2.75, 3.05) is 6.54 Å². The van der Waals surface area contributed by atoms with Gasteiger partial charge >= 0.3 is 0 Å². The van der Waals surface area contributed by atoms with E-state index in [9.17, 15) is 0 Å². The molecule has 48 valence electrons. The minimum Gasteiger partial charge on any atom is -0.326 e. The van der Waals surface area contributed by atoms with Gasteiger partial charge in [-0.05, 0) is 26.3 Å². The van der Waals surface area contributed by atoms with Gasteiger partial charge < -0.3 is 11.1 Å². The van der Waals surface area contributed by atoms with E-state index in [2.05, 4.69) is 12.2 Å². The number of hydrogen-bond acceptors (Lipinski definition) is 2. The number of piperidine rings is 1. The average molecular weight is 114 g/mol. The van der Waals surface area contributed by atoms with Gasteiger partial charge in [-0.25, -0.2) is 0 Å². The summed E-state index contributed by atoms with van der Waals surface area (Å²) in [5.41, 5.74) is 5.72. The Bertz CT molecular complexity index is 62.9. The van der Waals surface area contributed by atoms with Gasteiger partial charge in [0.2, 0.25) is 0 Å². The van der Waals surface area contributed by atoms with Crippen LogP contribution in [0.2, 0.25) is 0 Å². The summed E-state index contributed by atoms with van der Waals surface area (Å²) in [6.07, 6.45) is 2.43. The number of nitrogens with one attached hydrogen (secondary N) is 1. The van der Waals surface area contributed by atoms with Crippen molar-refractivity contribution in [3.05, 3.63) is 0 Å². The molecule has 2 atom stereocenters. The quantitative estimate of drug-likeness (QED) is 0.468. The van der Waals surface area contributed by atoms with E-state index in [1.807, 2.05) is 0 Å².